The van der Waals surface area contributed by atoms with Gasteiger partial charge in [-0.3, -0.25) is 9.10 Å². The minimum atomic E-state index is -4.03. The monoisotopic (exact) mass is 512 g/mol. The summed E-state index contributed by atoms with van der Waals surface area (Å²) >= 11 is 6.15. The third kappa shape index (κ3) is 6.61. The first-order valence-electron chi connectivity index (χ1n) is 11.3. The molecule has 0 radical (unpaired) electrons. The smallest absolute Gasteiger partial charge is 0.264 e. The summed E-state index contributed by atoms with van der Waals surface area (Å²) in [4.78, 5) is 15.0. The molecule has 7 nitrogen and oxygen atoms in total. The molecule has 0 fully saturated rings. The maximum atomic E-state index is 13.4. The lowest BCUT2D eigenvalue weighted by molar-refractivity contribution is -0.119. The SMILES string of the molecule is CCN(CC)c1ccc(/C=N\NC(=O)CN(c2cc(Cl)ccc2C)S(=O)(=O)c2ccccc2)cc1. The third-order valence-electron chi connectivity index (χ3n) is 5.48. The highest BCUT2D eigenvalue weighted by Gasteiger charge is 2.28. The van der Waals surface area contributed by atoms with E-state index in [4.69, 9.17) is 11.6 Å². The molecule has 35 heavy (non-hydrogen) atoms. The van der Waals surface area contributed by atoms with Gasteiger partial charge in [0, 0.05) is 23.8 Å². The van der Waals surface area contributed by atoms with Gasteiger partial charge in [0.25, 0.3) is 15.9 Å². The zero-order chi connectivity index (χ0) is 25.4. The number of nitrogens with zero attached hydrogens (tertiary/aromatic N) is 3. The Bertz CT molecular complexity index is 1280. The van der Waals surface area contributed by atoms with Crippen LogP contribution in [0, 0.1) is 6.92 Å². The van der Waals surface area contributed by atoms with Crippen LogP contribution in [0.4, 0.5) is 11.4 Å². The molecule has 0 saturated carbocycles. The lowest BCUT2D eigenvalue weighted by Crippen LogP contribution is -2.40. The van der Waals surface area contributed by atoms with Crippen LogP contribution < -0.4 is 14.6 Å². The summed E-state index contributed by atoms with van der Waals surface area (Å²) in [6.45, 7) is 7.32. The topological polar surface area (TPSA) is 82.1 Å². The van der Waals surface area contributed by atoms with Gasteiger partial charge in [0.2, 0.25) is 0 Å². The predicted molar refractivity (Wildman–Crippen MR) is 143 cm³/mol. The lowest BCUT2D eigenvalue weighted by Gasteiger charge is -2.25. The number of hydrogen-bond donors (Lipinski definition) is 1. The van der Waals surface area contributed by atoms with E-state index in [0.29, 0.717) is 16.3 Å². The number of amides is 1. The number of aryl methyl sites for hydroxylation is 1. The Morgan fingerprint density at radius 3 is 2.29 bits per heavy atom. The van der Waals surface area contributed by atoms with Gasteiger partial charge in [-0.25, -0.2) is 13.8 Å². The molecule has 3 aromatic rings. The predicted octanol–water partition coefficient (Wildman–Crippen LogP) is 4.84. The van der Waals surface area contributed by atoms with Crippen molar-refractivity contribution in [1.82, 2.24) is 5.43 Å². The molecule has 1 amide bonds. The molecule has 0 saturated heterocycles. The number of anilines is 2. The Hall–Kier alpha value is -3.36. The molecule has 1 N–H and O–H groups in total. The van der Waals surface area contributed by atoms with Gasteiger partial charge < -0.3 is 4.90 Å². The zero-order valence-corrected chi connectivity index (χ0v) is 21.6. The van der Waals surface area contributed by atoms with E-state index in [1.54, 1.807) is 37.3 Å². The molecule has 0 atom stereocenters. The number of rotatable bonds is 10. The van der Waals surface area contributed by atoms with E-state index in [2.05, 4.69) is 29.3 Å². The number of halogens is 1. The first kappa shape index (κ1) is 26.2. The van der Waals surface area contributed by atoms with Crippen molar-refractivity contribution in [2.45, 2.75) is 25.7 Å². The van der Waals surface area contributed by atoms with E-state index >= 15 is 0 Å². The average molecular weight is 513 g/mol. The summed E-state index contributed by atoms with van der Waals surface area (Å²) in [5, 5.41) is 4.38. The van der Waals surface area contributed by atoms with Crippen molar-refractivity contribution in [1.29, 1.82) is 0 Å². The fourth-order valence-corrected chi connectivity index (χ4v) is 5.24. The van der Waals surface area contributed by atoms with Gasteiger partial charge >= 0.3 is 0 Å². The fourth-order valence-electron chi connectivity index (χ4n) is 3.58. The normalized spacial score (nSPS) is 11.4. The van der Waals surface area contributed by atoms with E-state index in [9.17, 15) is 13.2 Å². The standard InChI is InChI=1S/C26H29ClN4O3S/c1-4-30(5-2)23-15-12-21(13-16-23)18-28-29-26(32)19-31(25-17-22(27)14-11-20(25)3)35(33,34)24-9-7-6-8-10-24/h6-18H,4-5,19H2,1-3H3,(H,29,32)/b28-18-. The number of hydrogen-bond acceptors (Lipinski definition) is 5. The summed E-state index contributed by atoms with van der Waals surface area (Å²) in [5.74, 6) is -0.583. The van der Waals surface area contributed by atoms with Crippen LogP contribution in [0.3, 0.4) is 0 Å². The molecule has 0 heterocycles. The van der Waals surface area contributed by atoms with E-state index in [1.165, 1.54) is 24.4 Å². The van der Waals surface area contributed by atoms with Gasteiger partial charge in [-0.15, -0.1) is 0 Å². The summed E-state index contributed by atoms with van der Waals surface area (Å²) in [7, 11) is -4.03. The molecular formula is C26H29ClN4O3S. The van der Waals surface area contributed by atoms with Crippen LogP contribution in [0.5, 0.6) is 0 Å². The number of benzene rings is 3. The Morgan fingerprint density at radius 2 is 1.66 bits per heavy atom. The van der Waals surface area contributed by atoms with Crippen LogP contribution in [0.1, 0.15) is 25.0 Å². The molecule has 0 unspecified atom stereocenters. The maximum absolute atomic E-state index is 13.4. The lowest BCUT2D eigenvalue weighted by atomic mass is 10.2. The minimum Gasteiger partial charge on any atom is -0.372 e. The highest BCUT2D eigenvalue weighted by Crippen LogP contribution is 2.29. The average Bonchev–Trinajstić information content (AvgIpc) is 2.86. The molecule has 0 aromatic heterocycles. The maximum Gasteiger partial charge on any atom is 0.264 e. The number of nitrogens with one attached hydrogen (secondary N) is 1. The third-order valence-corrected chi connectivity index (χ3v) is 7.49. The molecule has 0 bridgehead atoms. The highest BCUT2D eigenvalue weighted by atomic mass is 35.5. The van der Waals surface area contributed by atoms with Gasteiger partial charge in [0.15, 0.2) is 0 Å². The second kappa shape index (κ2) is 11.9. The van der Waals surface area contributed by atoms with Crippen molar-refractivity contribution in [3.8, 4) is 0 Å². The van der Waals surface area contributed by atoms with Crippen LogP contribution in [-0.2, 0) is 14.8 Å². The van der Waals surface area contributed by atoms with Crippen LogP contribution in [0.2, 0.25) is 5.02 Å². The Kier molecular flexibility index (Phi) is 8.89. The van der Waals surface area contributed by atoms with Gasteiger partial charge in [-0.05, 0) is 68.3 Å². The van der Waals surface area contributed by atoms with Crippen molar-refractivity contribution >= 4 is 45.1 Å². The number of carbonyl (C=O) groups excluding carboxylic acids is 1. The van der Waals surface area contributed by atoms with Crippen molar-refractivity contribution in [2.24, 2.45) is 5.10 Å². The van der Waals surface area contributed by atoms with Crippen molar-refractivity contribution < 1.29 is 13.2 Å². The van der Waals surface area contributed by atoms with Crippen molar-refractivity contribution in [2.75, 3.05) is 28.8 Å². The fraction of sp³-hybridized carbons (Fsp3) is 0.231. The van der Waals surface area contributed by atoms with E-state index in [0.717, 1.165) is 28.6 Å². The number of hydrazone groups is 1. The van der Waals surface area contributed by atoms with E-state index in [-0.39, 0.29) is 4.90 Å². The summed E-state index contributed by atoms with van der Waals surface area (Å²) in [6.07, 6.45) is 1.52. The largest absolute Gasteiger partial charge is 0.372 e. The van der Waals surface area contributed by atoms with Crippen LogP contribution in [0.15, 0.2) is 82.8 Å². The first-order valence-corrected chi connectivity index (χ1v) is 13.1. The number of carbonyl (C=O) groups is 1. The molecule has 0 aliphatic rings. The molecule has 9 heteroatoms. The molecule has 3 rings (SSSR count). The van der Waals surface area contributed by atoms with Crippen molar-refractivity contribution in [3.05, 3.63) is 88.9 Å². The Balaban J connectivity index is 1.79. The van der Waals surface area contributed by atoms with Crippen LogP contribution in [-0.4, -0.2) is 40.2 Å². The van der Waals surface area contributed by atoms with Gasteiger partial charge in [0.1, 0.15) is 6.54 Å². The second-order valence-electron chi connectivity index (χ2n) is 7.81. The molecule has 0 aliphatic carbocycles. The van der Waals surface area contributed by atoms with E-state index < -0.39 is 22.5 Å². The Labute approximate surface area is 212 Å². The molecule has 0 spiro atoms. The van der Waals surface area contributed by atoms with Gasteiger partial charge in [-0.2, -0.15) is 5.10 Å². The molecular weight excluding hydrogens is 484 g/mol. The highest BCUT2D eigenvalue weighted by molar-refractivity contribution is 7.92. The van der Waals surface area contributed by atoms with Crippen LogP contribution in [0.25, 0.3) is 0 Å². The summed E-state index contributed by atoms with van der Waals surface area (Å²) in [6, 6.07) is 20.7. The van der Waals surface area contributed by atoms with Gasteiger partial charge in [0.05, 0.1) is 16.8 Å². The van der Waals surface area contributed by atoms with Gasteiger partial charge in [-0.1, -0.05) is 48.0 Å². The quantitative estimate of drug-likeness (QED) is 0.311. The number of sulfonamides is 1. The molecule has 3 aromatic carbocycles. The first-order chi connectivity index (χ1) is 16.8. The second-order valence-corrected chi connectivity index (χ2v) is 10.1. The van der Waals surface area contributed by atoms with E-state index in [1.807, 2.05) is 24.3 Å². The van der Waals surface area contributed by atoms with Crippen molar-refractivity contribution in [3.63, 3.8) is 0 Å². The molecule has 0 aliphatic heterocycles. The molecule has 184 valence electrons. The summed E-state index contributed by atoms with van der Waals surface area (Å²) in [5.41, 5.74) is 5.33. The summed E-state index contributed by atoms with van der Waals surface area (Å²) < 4.78 is 27.9. The minimum absolute atomic E-state index is 0.0731. The van der Waals surface area contributed by atoms with Crippen LogP contribution >= 0.6 is 11.6 Å². The zero-order valence-electron chi connectivity index (χ0n) is 20.0. The Morgan fingerprint density at radius 1 is 1.00 bits per heavy atom.